The minimum absolute atomic E-state index is 1.07. The van der Waals surface area contributed by atoms with Crippen molar-refractivity contribution in [3.05, 3.63) is 413 Å². The molecule has 0 unspecified atom stereocenters. The van der Waals surface area contributed by atoms with E-state index in [1.807, 2.05) is 0 Å². The second kappa shape index (κ2) is 26.7. The zero-order valence-electron chi connectivity index (χ0n) is 56.0. The van der Waals surface area contributed by atoms with Crippen molar-refractivity contribution in [2.24, 2.45) is 0 Å². The molecule has 17 aromatic carbocycles. The van der Waals surface area contributed by atoms with Crippen LogP contribution in [-0.4, -0.2) is 4.57 Å². The second-order valence-corrected chi connectivity index (χ2v) is 26.0. The number of aromatic nitrogens is 1. The number of fused-ring (bicyclic) bond motifs is 5. The maximum absolute atomic E-state index is 2.39. The first-order valence-electron chi connectivity index (χ1n) is 35.0. The number of nitrogens with zero attached hydrogens (tertiary/aromatic N) is 4. The van der Waals surface area contributed by atoms with Gasteiger partial charge in [-0.3, -0.25) is 0 Å². The first-order valence-corrected chi connectivity index (χ1v) is 35.0. The van der Waals surface area contributed by atoms with Crippen LogP contribution in [0.25, 0.3) is 116 Å². The van der Waals surface area contributed by atoms with Crippen molar-refractivity contribution in [2.75, 3.05) is 14.7 Å². The lowest BCUT2D eigenvalue weighted by atomic mass is 9.94. The summed E-state index contributed by atoms with van der Waals surface area (Å²) in [6.45, 7) is 0. The molecule has 102 heavy (non-hydrogen) atoms. The van der Waals surface area contributed by atoms with Crippen LogP contribution in [0.2, 0.25) is 0 Å². The fraction of sp³-hybridized carbons (Fsp3) is 0. The van der Waals surface area contributed by atoms with Gasteiger partial charge in [-0.05, 0) is 205 Å². The van der Waals surface area contributed by atoms with Gasteiger partial charge in [-0.1, -0.05) is 285 Å². The van der Waals surface area contributed by atoms with Gasteiger partial charge in [0.15, 0.2) is 0 Å². The first-order chi connectivity index (χ1) is 50.6. The molecule has 18 rings (SSSR count). The Morgan fingerprint density at radius 3 is 0.951 bits per heavy atom. The highest BCUT2D eigenvalue weighted by Crippen LogP contribution is 2.45. The highest BCUT2D eigenvalue weighted by atomic mass is 15.2. The summed E-state index contributed by atoms with van der Waals surface area (Å²) >= 11 is 0. The zero-order valence-corrected chi connectivity index (χ0v) is 56.0. The third kappa shape index (κ3) is 11.6. The van der Waals surface area contributed by atoms with Gasteiger partial charge in [0.05, 0.1) is 22.4 Å². The molecule has 0 spiro atoms. The third-order valence-electron chi connectivity index (χ3n) is 20.0. The quantitative estimate of drug-likeness (QED) is 0.0958. The summed E-state index contributed by atoms with van der Waals surface area (Å²) in [6, 6.07) is 150. The lowest BCUT2D eigenvalue weighted by molar-refractivity contribution is 1.18. The average Bonchev–Trinajstić information content (AvgIpc) is 1.35. The summed E-state index contributed by atoms with van der Waals surface area (Å²) in [5.41, 5.74) is 27.4. The molecule has 0 fully saturated rings. The molecular weight excluding hydrogens is 1230 g/mol. The Balaban J connectivity index is 0.612. The normalized spacial score (nSPS) is 11.3. The molecule has 0 radical (unpaired) electrons. The van der Waals surface area contributed by atoms with Crippen LogP contribution in [0.4, 0.5) is 51.2 Å². The molecule has 0 bridgehead atoms. The highest BCUT2D eigenvalue weighted by molar-refractivity contribution is 6.10. The molecule has 4 nitrogen and oxygen atoms in total. The molecule has 0 aliphatic carbocycles. The van der Waals surface area contributed by atoms with Crippen LogP contribution in [0.1, 0.15) is 0 Å². The van der Waals surface area contributed by atoms with E-state index >= 15 is 0 Å². The first kappa shape index (κ1) is 60.8. The number of hydrogen-bond acceptors (Lipinski definition) is 3. The molecule has 0 amide bonds. The average molecular weight is 1300 g/mol. The molecule has 0 aliphatic heterocycles. The van der Waals surface area contributed by atoms with Crippen molar-refractivity contribution in [2.45, 2.75) is 0 Å². The van der Waals surface area contributed by atoms with Gasteiger partial charge in [-0.25, -0.2) is 0 Å². The van der Waals surface area contributed by atoms with Crippen LogP contribution < -0.4 is 14.7 Å². The minimum atomic E-state index is 1.07. The van der Waals surface area contributed by atoms with Gasteiger partial charge in [-0.2, -0.15) is 0 Å². The highest BCUT2D eigenvalue weighted by Gasteiger charge is 2.21. The Morgan fingerprint density at radius 2 is 0.461 bits per heavy atom. The maximum atomic E-state index is 2.39. The lowest BCUT2D eigenvalue weighted by Gasteiger charge is -2.27. The smallest absolute Gasteiger partial charge is 0.0541 e. The van der Waals surface area contributed by atoms with E-state index < -0.39 is 0 Å². The maximum Gasteiger partial charge on any atom is 0.0541 e. The fourth-order valence-electron chi connectivity index (χ4n) is 15.0. The van der Waals surface area contributed by atoms with Gasteiger partial charge in [0.25, 0.3) is 0 Å². The van der Waals surface area contributed by atoms with Crippen molar-refractivity contribution in [3.8, 4) is 72.4 Å². The monoisotopic (exact) mass is 1300 g/mol. The summed E-state index contributed by atoms with van der Waals surface area (Å²) in [5.74, 6) is 0. The van der Waals surface area contributed by atoms with Crippen molar-refractivity contribution in [1.82, 2.24) is 4.57 Å². The second-order valence-electron chi connectivity index (χ2n) is 26.0. The molecule has 4 heteroatoms. The summed E-state index contributed by atoms with van der Waals surface area (Å²) in [6.07, 6.45) is 0. The Kier molecular flexibility index (Phi) is 15.9. The van der Waals surface area contributed by atoms with Crippen molar-refractivity contribution < 1.29 is 0 Å². The van der Waals surface area contributed by atoms with Crippen molar-refractivity contribution in [3.63, 3.8) is 0 Å². The van der Waals surface area contributed by atoms with Gasteiger partial charge >= 0.3 is 0 Å². The van der Waals surface area contributed by atoms with Gasteiger partial charge in [0.2, 0.25) is 0 Å². The standard InChI is InChI=1S/C98H68N4/c1-4-20-69(21-5-1)72-44-56-83(57-45-72)99(84-58-46-75(47-59-84)76-52-66-88(67-53-76)102-97-36-14-12-31-93(97)94-32-13-15-37-98(94)102)85-60-54-77(55-61-85)79-24-16-25-80(68-79)89-33-18-35-92-91(89)34-19-39-96(92)101(82-28-8-3-9-29-82)87-64-50-74(51-65-87)71-42-40-70(41-43-71)73-48-62-86(63-49-73)100(81-26-6-2-7-27-81)95-38-17-23-78-22-10-11-30-90(78)95/h1-68H. The number of hydrogen-bond donors (Lipinski definition) is 0. The predicted octanol–water partition coefficient (Wildman–Crippen LogP) is 27.5. The van der Waals surface area contributed by atoms with Crippen LogP contribution in [0, 0.1) is 0 Å². The molecule has 0 saturated heterocycles. The van der Waals surface area contributed by atoms with Crippen LogP contribution in [-0.2, 0) is 0 Å². The Morgan fingerprint density at radius 1 is 0.167 bits per heavy atom. The SMILES string of the molecule is c1ccc(-c2ccc(N(c3ccc(-c4ccc(-n5c6ccccc6c6ccccc65)cc4)cc3)c3ccc(-c4cccc(-c5cccc6c(N(c7ccccc7)c7ccc(-c8ccc(-c9ccc(N(c%10ccccc%10)c%10cccc%11ccccc%10%11)cc9)cc8)cc7)cccc56)c4)cc3)cc2)cc1. The van der Waals surface area contributed by atoms with E-state index in [1.165, 1.54) is 76.7 Å². The van der Waals surface area contributed by atoms with Gasteiger partial charge in [0.1, 0.15) is 0 Å². The lowest BCUT2D eigenvalue weighted by Crippen LogP contribution is -2.10. The zero-order chi connectivity index (χ0) is 67.7. The van der Waals surface area contributed by atoms with Gasteiger partial charge in [0, 0.05) is 67.0 Å². The molecule has 480 valence electrons. The van der Waals surface area contributed by atoms with E-state index in [0.717, 1.165) is 90.3 Å². The molecule has 0 aliphatic rings. The Bertz CT molecular complexity index is 5930. The summed E-state index contributed by atoms with van der Waals surface area (Å²) < 4.78 is 2.37. The molecule has 18 aromatic rings. The molecule has 1 heterocycles. The largest absolute Gasteiger partial charge is 0.311 e. The van der Waals surface area contributed by atoms with E-state index in [-0.39, 0.29) is 0 Å². The van der Waals surface area contributed by atoms with E-state index in [9.17, 15) is 0 Å². The number of anilines is 9. The fourth-order valence-corrected chi connectivity index (χ4v) is 15.0. The molecule has 0 N–H and O–H groups in total. The van der Waals surface area contributed by atoms with Crippen LogP contribution in [0.5, 0.6) is 0 Å². The van der Waals surface area contributed by atoms with Crippen LogP contribution >= 0.6 is 0 Å². The van der Waals surface area contributed by atoms with Crippen molar-refractivity contribution >= 4 is 94.5 Å². The Hall–Kier alpha value is -13.5. The van der Waals surface area contributed by atoms with E-state index in [1.54, 1.807) is 0 Å². The van der Waals surface area contributed by atoms with Crippen LogP contribution in [0.15, 0.2) is 413 Å². The van der Waals surface area contributed by atoms with Crippen molar-refractivity contribution in [1.29, 1.82) is 0 Å². The van der Waals surface area contributed by atoms with E-state index in [4.69, 9.17) is 0 Å². The third-order valence-corrected chi connectivity index (χ3v) is 20.0. The van der Waals surface area contributed by atoms with Gasteiger partial charge in [-0.15, -0.1) is 0 Å². The topological polar surface area (TPSA) is 14.7 Å². The van der Waals surface area contributed by atoms with E-state index in [2.05, 4.69) is 432 Å². The predicted molar refractivity (Wildman–Crippen MR) is 432 cm³/mol. The molecule has 0 atom stereocenters. The summed E-state index contributed by atoms with van der Waals surface area (Å²) in [7, 11) is 0. The number of benzene rings is 17. The van der Waals surface area contributed by atoms with E-state index in [0.29, 0.717) is 0 Å². The van der Waals surface area contributed by atoms with Crippen LogP contribution in [0.3, 0.4) is 0 Å². The summed E-state index contributed by atoms with van der Waals surface area (Å²) in [4.78, 5) is 7.10. The van der Waals surface area contributed by atoms with Gasteiger partial charge < -0.3 is 19.3 Å². The molecular formula is C98H68N4. The summed E-state index contributed by atoms with van der Waals surface area (Å²) in [5, 5.41) is 7.31. The molecule has 1 aromatic heterocycles. The molecule has 0 saturated carbocycles. The Labute approximate surface area is 595 Å². The number of para-hydroxylation sites is 4. The number of rotatable bonds is 16. The minimum Gasteiger partial charge on any atom is -0.311 e.